The molecule has 0 atom stereocenters. The number of fused-ring (bicyclic) bond motifs is 1. The summed E-state index contributed by atoms with van der Waals surface area (Å²) in [7, 11) is 0. The smallest absolute Gasteiger partial charge is 0.258 e. The van der Waals surface area contributed by atoms with Crippen molar-refractivity contribution in [2.24, 2.45) is 0 Å². The molecule has 1 aliphatic carbocycles. The quantitative estimate of drug-likeness (QED) is 0.622. The van der Waals surface area contributed by atoms with Crippen LogP contribution in [0.15, 0.2) is 66.7 Å². The van der Waals surface area contributed by atoms with E-state index in [0.29, 0.717) is 17.9 Å². The van der Waals surface area contributed by atoms with Gasteiger partial charge in [-0.2, -0.15) is 0 Å². The second-order valence-corrected chi connectivity index (χ2v) is 7.70. The highest BCUT2D eigenvalue weighted by atomic mass is 16.5. The van der Waals surface area contributed by atoms with Crippen molar-refractivity contribution in [2.75, 3.05) is 6.61 Å². The van der Waals surface area contributed by atoms with Crippen LogP contribution in [0.4, 0.5) is 0 Å². The van der Waals surface area contributed by atoms with Gasteiger partial charge in [0.1, 0.15) is 5.75 Å². The minimum absolute atomic E-state index is 0.103. The highest BCUT2D eigenvalue weighted by Gasteiger charge is 2.19. The Balaban J connectivity index is 1.49. The molecule has 30 heavy (non-hydrogen) atoms. The molecule has 4 rings (SSSR count). The molecule has 1 aliphatic rings. The van der Waals surface area contributed by atoms with Crippen LogP contribution >= 0.6 is 0 Å². The van der Waals surface area contributed by atoms with Crippen molar-refractivity contribution in [2.45, 2.75) is 38.3 Å². The molecule has 0 aliphatic heterocycles. The highest BCUT2D eigenvalue weighted by Crippen LogP contribution is 2.26. The molecule has 3 aromatic rings. The molecule has 3 aromatic carbocycles. The van der Waals surface area contributed by atoms with Crippen LogP contribution in [0.2, 0.25) is 0 Å². The zero-order valence-electron chi connectivity index (χ0n) is 16.9. The molecular formula is C25H26N2O3. The summed E-state index contributed by atoms with van der Waals surface area (Å²) in [5.41, 5.74) is 1.45. The first kappa shape index (κ1) is 20.0. The summed E-state index contributed by atoms with van der Waals surface area (Å²) >= 11 is 0. The van der Waals surface area contributed by atoms with Gasteiger partial charge < -0.3 is 15.4 Å². The Labute approximate surface area is 176 Å². The zero-order chi connectivity index (χ0) is 20.8. The highest BCUT2D eigenvalue weighted by molar-refractivity contribution is 6.01. The van der Waals surface area contributed by atoms with Crippen LogP contribution in [-0.4, -0.2) is 24.5 Å². The summed E-state index contributed by atoms with van der Waals surface area (Å²) in [4.78, 5) is 25.2. The Kier molecular flexibility index (Phi) is 6.28. The molecule has 1 saturated carbocycles. The Morgan fingerprint density at radius 3 is 2.30 bits per heavy atom. The molecule has 1 fully saturated rings. The maximum atomic E-state index is 12.9. The van der Waals surface area contributed by atoms with Gasteiger partial charge >= 0.3 is 0 Å². The maximum absolute atomic E-state index is 12.9. The van der Waals surface area contributed by atoms with E-state index in [1.165, 1.54) is 0 Å². The van der Waals surface area contributed by atoms with E-state index in [1.54, 1.807) is 0 Å². The third-order valence-electron chi connectivity index (χ3n) is 5.47. The Morgan fingerprint density at radius 1 is 0.900 bits per heavy atom. The molecule has 0 heterocycles. The molecule has 0 spiro atoms. The number of hydrogen-bond donors (Lipinski definition) is 2. The van der Waals surface area contributed by atoms with Crippen molar-refractivity contribution in [3.63, 3.8) is 0 Å². The number of ether oxygens (including phenoxy) is 1. The van der Waals surface area contributed by atoms with Crippen molar-refractivity contribution >= 4 is 22.6 Å². The third-order valence-corrected chi connectivity index (χ3v) is 5.47. The van der Waals surface area contributed by atoms with Crippen molar-refractivity contribution in [1.29, 1.82) is 0 Å². The first-order valence-electron chi connectivity index (χ1n) is 10.5. The van der Waals surface area contributed by atoms with Gasteiger partial charge in [-0.1, -0.05) is 67.4 Å². The minimum Gasteiger partial charge on any atom is -0.483 e. The molecule has 2 N–H and O–H groups in total. The van der Waals surface area contributed by atoms with Gasteiger partial charge in [-0.15, -0.1) is 0 Å². The molecule has 0 unspecified atom stereocenters. The molecule has 0 aromatic heterocycles. The minimum atomic E-state index is -0.226. The van der Waals surface area contributed by atoms with Crippen LogP contribution in [0.5, 0.6) is 5.75 Å². The average Bonchev–Trinajstić information content (AvgIpc) is 3.29. The molecule has 0 bridgehead atoms. The second kappa shape index (κ2) is 9.44. The number of carbonyl (C=O) groups is 2. The summed E-state index contributed by atoms with van der Waals surface area (Å²) in [6, 6.07) is 21.4. The van der Waals surface area contributed by atoms with E-state index in [-0.39, 0.29) is 24.5 Å². The van der Waals surface area contributed by atoms with Crippen molar-refractivity contribution in [3.05, 3.63) is 77.9 Å². The van der Waals surface area contributed by atoms with Gasteiger partial charge in [0, 0.05) is 12.6 Å². The van der Waals surface area contributed by atoms with Crippen molar-refractivity contribution in [1.82, 2.24) is 10.6 Å². The summed E-state index contributed by atoms with van der Waals surface area (Å²) in [5, 5.41) is 7.87. The van der Waals surface area contributed by atoms with Crippen LogP contribution < -0.4 is 15.4 Å². The van der Waals surface area contributed by atoms with Gasteiger partial charge in [0.25, 0.3) is 11.8 Å². The van der Waals surface area contributed by atoms with Crippen LogP contribution in [0.25, 0.3) is 10.8 Å². The Morgan fingerprint density at radius 2 is 1.57 bits per heavy atom. The van der Waals surface area contributed by atoms with Crippen molar-refractivity contribution in [3.8, 4) is 5.75 Å². The van der Waals surface area contributed by atoms with E-state index in [2.05, 4.69) is 10.6 Å². The fraction of sp³-hybridized carbons (Fsp3) is 0.280. The average molecular weight is 402 g/mol. The number of nitrogens with one attached hydrogen (secondary N) is 2. The molecule has 5 heteroatoms. The number of carbonyl (C=O) groups excluding carboxylic acids is 2. The lowest BCUT2D eigenvalue weighted by Gasteiger charge is -2.15. The summed E-state index contributed by atoms with van der Waals surface area (Å²) in [6.45, 7) is 0.321. The van der Waals surface area contributed by atoms with Crippen LogP contribution in [-0.2, 0) is 11.3 Å². The molecular weight excluding hydrogens is 376 g/mol. The predicted molar refractivity (Wildman–Crippen MR) is 117 cm³/mol. The largest absolute Gasteiger partial charge is 0.483 e. The predicted octanol–water partition coefficient (Wildman–Crippen LogP) is 4.21. The summed E-state index contributed by atoms with van der Waals surface area (Å²) in [6.07, 6.45) is 4.36. The van der Waals surface area contributed by atoms with Gasteiger partial charge in [0.15, 0.2) is 6.61 Å². The fourth-order valence-electron chi connectivity index (χ4n) is 3.87. The number of benzene rings is 3. The van der Waals surface area contributed by atoms with Crippen LogP contribution in [0, 0.1) is 0 Å². The van der Waals surface area contributed by atoms with Crippen LogP contribution in [0.3, 0.4) is 0 Å². The van der Waals surface area contributed by atoms with E-state index in [1.807, 2.05) is 66.7 Å². The van der Waals surface area contributed by atoms with Crippen molar-refractivity contribution < 1.29 is 14.3 Å². The SMILES string of the molecule is O=C(COc1cc2ccccc2cc1C(=O)NCc1ccccc1)NC1CCCC1. The maximum Gasteiger partial charge on any atom is 0.258 e. The standard InChI is InChI=1S/C25H26N2O3/c28-24(27-21-12-6-7-13-21)17-30-23-15-20-11-5-4-10-19(20)14-22(23)25(29)26-16-18-8-2-1-3-9-18/h1-5,8-11,14-15,21H,6-7,12-13,16-17H2,(H,26,29)(H,27,28). The topological polar surface area (TPSA) is 67.4 Å². The zero-order valence-corrected chi connectivity index (χ0v) is 16.9. The molecule has 2 amide bonds. The first-order chi connectivity index (χ1) is 14.7. The van der Waals surface area contributed by atoms with Gasteiger partial charge in [-0.25, -0.2) is 0 Å². The van der Waals surface area contributed by atoms with E-state index in [9.17, 15) is 9.59 Å². The number of amides is 2. The third kappa shape index (κ3) is 4.98. The lowest BCUT2D eigenvalue weighted by Crippen LogP contribution is -2.36. The van der Waals surface area contributed by atoms with Crippen LogP contribution in [0.1, 0.15) is 41.6 Å². The molecule has 0 radical (unpaired) electrons. The lowest BCUT2D eigenvalue weighted by atomic mass is 10.1. The monoisotopic (exact) mass is 402 g/mol. The van der Waals surface area contributed by atoms with E-state index in [4.69, 9.17) is 4.74 Å². The molecule has 5 nitrogen and oxygen atoms in total. The second-order valence-electron chi connectivity index (χ2n) is 7.70. The number of rotatable bonds is 7. The number of hydrogen-bond acceptors (Lipinski definition) is 3. The van der Waals surface area contributed by atoms with E-state index in [0.717, 1.165) is 42.0 Å². The van der Waals surface area contributed by atoms with Gasteiger partial charge in [0.05, 0.1) is 5.56 Å². The van der Waals surface area contributed by atoms with Gasteiger partial charge in [-0.05, 0) is 41.3 Å². The Bertz CT molecular complexity index is 1030. The van der Waals surface area contributed by atoms with E-state index >= 15 is 0 Å². The summed E-state index contributed by atoms with van der Waals surface area (Å²) < 4.78 is 5.82. The lowest BCUT2D eigenvalue weighted by molar-refractivity contribution is -0.123. The Hall–Kier alpha value is -3.34. The van der Waals surface area contributed by atoms with E-state index < -0.39 is 0 Å². The van der Waals surface area contributed by atoms with Gasteiger partial charge in [0.2, 0.25) is 0 Å². The van der Waals surface area contributed by atoms with Gasteiger partial charge in [-0.3, -0.25) is 9.59 Å². The molecule has 0 saturated heterocycles. The first-order valence-corrected chi connectivity index (χ1v) is 10.5. The summed E-state index contributed by atoms with van der Waals surface area (Å²) in [5.74, 6) is 0.0438. The normalized spacial score (nSPS) is 13.9. The fourth-order valence-corrected chi connectivity index (χ4v) is 3.87. The molecule has 154 valence electrons.